The summed E-state index contributed by atoms with van der Waals surface area (Å²) in [5.74, 6) is 1.01. The van der Waals surface area contributed by atoms with Gasteiger partial charge >= 0.3 is 0 Å². The molecule has 0 aliphatic carbocycles. The van der Waals surface area contributed by atoms with Gasteiger partial charge in [0, 0.05) is 11.4 Å². The Labute approximate surface area is 73.0 Å². The molecular weight excluding hydrogens is 174 g/mol. The topological polar surface area (TPSA) is 64.9 Å². The molecule has 0 aliphatic rings. The lowest BCUT2D eigenvalue weighted by atomic mass is 10.4. The van der Waals surface area contributed by atoms with Crippen molar-refractivity contribution in [3.05, 3.63) is 16.5 Å². The first-order chi connectivity index (χ1) is 5.75. The Bertz CT molecular complexity index is 355. The van der Waals surface area contributed by atoms with Crippen molar-refractivity contribution in [2.45, 2.75) is 6.92 Å². The van der Waals surface area contributed by atoms with Crippen LogP contribution in [0.15, 0.2) is 16.0 Å². The predicted octanol–water partition coefficient (Wildman–Crippen LogP) is 1.69. The monoisotopic (exact) mass is 181 g/mol. The molecule has 0 amide bonds. The third-order valence-electron chi connectivity index (χ3n) is 1.40. The summed E-state index contributed by atoms with van der Waals surface area (Å²) in [5.41, 5.74) is 6.19. The minimum Gasteiger partial charge on any atom is -0.381 e. The summed E-state index contributed by atoms with van der Waals surface area (Å²) >= 11 is 1.57. The van der Waals surface area contributed by atoms with Crippen molar-refractivity contribution in [3.8, 4) is 11.5 Å². The van der Waals surface area contributed by atoms with Gasteiger partial charge in [-0.05, 0) is 6.92 Å². The van der Waals surface area contributed by atoms with E-state index in [2.05, 4.69) is 10.1 Å². The summed E-state index contributed by atoms with van der Waals surface area (Å²) in [5, 5.41) is 6.48. The van der Waals surface area contributed by atoms with Gasteiger partial charge in [-0.15, -0.1) is 11.3 Å². The van der Waals surface area contributed by atoms with Crippen molar-refractivity contribution in [2.75, 3.05) is 5.73 Å². The molecule has 0 atom stereocenters. The van der Waals surface area contributed by atoms with Crippen LogP contribution in [0.4, 0.5) is 5.82 Å². The maximum atomic E-state index is 5.39. The molecule has 0 radical (unpaired) electrons. The summed E-state index contributed by atoms with van der Waals surface area (Å²) in [7, 11) is 0. The Morgan fingerprint density at radius 1 is 1.58 bits per heavy atom. The van der Waals surface area contributed by atoms with Gasteiger partial charge in [-0.3, -0.25) is 0 Å². The molecule has 4 nitrogen and oxygen atoms in total. The second kappa shape index (κ2) is 2.60. The van der Waals surface area contributed by atoms with Gasteiger partial charge in [-0.25, -0.2) is 4.98 Å². The largest absolute Gasteiger partial charge is 0.381 e. The fourth-order valence-electron chi connectivity index (χ4n) is 0.886. The standard InChI is InChI=1S/C7H7N3OS/c1-4-9-5(3-12-4)6-2-7(8)10-11-6/h2-3H,1H3,(H2,8,10). The van der Waals surface area contributed by atoms with Crippen LogP contribution in [0, 0.1) is 6.92 Å². The Balaban J connectivity index is 2.43. The quantitative estimate of drug-likeness (QED) is 0.727. The number of hydrogen-bond acceptors (Lipinski definition) is 5. The maximum absolute atomic E-state index is 5.39. The van der Waals surface area contributed by atoms with Gasteiger partial charge in [-0.1, -0.05) is 5.16 Å². The van der Waals surface area contributed by atoms with Gasteiger partial charge in [0.15, 0.2) is 11.6 Å². The molecule has 2 heterocycles. The molecule has 0 saturated heterocycles. The van der Waals surface area contributed by atoms with E-state index >= 15 is 0 Å². The molecule has 0 bridgehead atoms. The van der Waals surface area contributed by atoms with E-state index in [0.717, 1.165) is 10.7 Å². The number of nitrogens with zero attached hydrogens (tertiary/aromatic N) is 2. The molecule has 2 rings (SSSR count). The SMILES string of the molecule is Cc1nc(-c2cc(N)no2)cs1. The predicted molar refractivity (Wildman–Crippen MR) is 46.8 cm³/mol. The number of hydrogen-bond donors (Lipinski definition) is 1. The lowest BCUT2D eigenvalue weighted by Crippen LogP contribution is -1.80. The van der Waals surface area contributed by atoms with Crippen LogP contribution in [-0.2, 0) is 0 Å². The van der Waals surface area contributed by atoms with E-state index in [9.17, 15) is 0 Å². The van der Waals surface area contributed by atoms with E-state index in [4.69, 9.17) is 10.3 Å². The Morgan fingerprint density at radius 3 is 2.92 bits per heavy atom. The third-order valence-corrected chi connectivity index (χ3v) is 2.17. The molecule has 0 saturated carbocycles. The summed E-state index contributed by atoms with van der Waals surface area (Å²) < 4.78 is 4.93. The Morgan fingerprint density at radius 2 is 2.42 bits per heavy atom. The van der Waals surface area contributed by atoms with Crippen molar-refractivity contribution in [3.63, 3.8) is 0 Å². The van der Waals surface area contributed by atoms with Crippen LogP contribution in [-0.4, -0.2) is 10.1 Å². The summed E-state index contributed by atoms with van der Waals surface area (Å²) in [6, 6.07) is 1.66. The van der Waals surface area contributed by atoms with E-state index < -0.39 is 0 Å². The van der Waals surface area contributed by atoms with Crippen molar-refractivity contribution < 1.29 is 4.52 Å². The highest BCUT2D eigenvalue weighted by Gasteiger charge is 2.06. The van der Waals surface area contributed by atoms with Crippen molar-refractivity contribution >= 4 is 17.2 Å². The number of anilines is 1. The molecule has 62 valence electrons. The first kappa shape index (κ1) is 7.30. The number of aryl methyl sites for hydroxylation is 1. The number of aromatic nitrogens is 2. The molecule has 2 N–H and O–H groups in total. The van der Waals surface area contributed by atoms with Gasteiger partial charge in [0.1, 0.15) is 5.69 Å². The van der Waals surface area contributed by atoms with Gasteiger partial charge < -0.3 is 10.3 Å². The zero-order valence-electron chi connectivity index (χ0n) is 6.44. The highest BCUT2D eigenvalue weighted by atomic mass is 32.1. The van der Waals surface area contributed by atoms with E-state index in [1.54, 1.807) is 17.4 Å². The third kappa shape index (κ3) is 1.18. The lowest BCUT2D eigenvalue weighted by molar-refractivity contribution is 0.434. The highest BCUT2D eigenvalue weighted by Crippen LogP contribution is 2.22. The average Bonchev–Trinajstić information content (AvgIpc) is 2.58. The van der Waals surface area contributed by atoms with Crippen molar-refractivity contribution in [2.24, 2.45) is 0 Å². The first-order valence-electron chi connectivity index (χ1n) is 3.40. The minimum atomic E-state index is 0.385. The molecular formula is C7H7N3OS. The number of thiazole rings is 1. The summed E-state index contributed by atoms with van der Waals surface area (Å²) in [4.78, 5) is 4.22. The molecule has 2 aromatic heterocycles. The van der Waals surface area contributed by atoms with Crippen LogP contribution < -0.4 is 5.73 Å². The average molecular weight is 181 g/mol. The molecule has 12 heavy (non-hydrogen) atoms. The molecule has 2 aromatic rings. The van der Waals surface area contributed by atoms with Crippen molar-refractivity contribution in [1.29, 1.82) is 0 Å². The zero-order chi connectivity index (χ0) is 8.55. The molecule has 0 spiro atoms. The Kier molecular flexibility index (Phi) is 1.58. The Hall–Kier alpha value is -1.36. The van der Waals surface area contributed by atoms with E-state index in [1.165, 1.54) is 0 Å². The van der Waals surface area contributed by atoms with Gasteiger partial charge in [-0.2, -0.15) is 0 Å². The van der Waals surface area contributed by atoms with E-state index in [0.29, 0.717) is 11.6 Å². The first-order valence-corrected chi connectivity index (χ1v) is 4.28. The second-order valence-corrected chi connectivity index (χ2v) is 3.43. The minimum absolute atomic E-state index is 0.385. The van der Waals surface area contributed by atoms with Gasteiger partial charge in [0.05, 0.1) is 5.01 Å². The molecule has 5 heteroatoms. The van der Waals surface area contributed by atoms with E-state index in [-0.39, 0.29) is 0 Å². The van der Waals surface area contributed by atoms with Crippen LogP contribution in [0.2, 0.25) is 0 Å². The van der Waals surface area contributed by atoms with Gasteiger partial charge in [0.25, 0.3) is 0 Å². The summed E-state index contributed by atoms with van der Waals surface area (Å²) in [6.45, 7) is 1.94. The van der Waals surface area contributed by atoms with Crippen LogP contribution in [0.1, 0.15) is 5.01 Å². The molecule has 0 fully saturated rings. The lowest BCUT2D eigenvalue weighted by Gasteiger charge is -1.82. The normalized spacial score (nSPS) is 10.4. The highest BCUT2D eigenvalue weighted by molar-refractivity contribution is 7.09. The zero-order valence-corrected chi connectivity index (χ0v) is 7.26. The summed E-state index contributed by atoms with van der Waals surface area (Å²) in [6.07, 6.45) is 0. The van der Waals surface area contributed by atoms with Crippen LogP contribution in [0.25, 0.3) is 11.5 Å². The fourth-order valence-corrected chi connectivity index (χ4v) is 1.49. The smallest absolute Gasteiger partial charge is 0.188 e. The molecule has 0 unspecified atom stereocenters. The maximum Gasteiger partial charge on any atom is 0.188 e. The number of nitrogen functional groups attached to an aromatic ring is 1. The molecule has 0 aromatic carbocycles. The number of rotatable bonds is 1. The molecule has 0 aliphatic heterocycles. The number of nitrogens with two attached hydrogens (primary N) is 1. The fraction of sp³-hybridized carbons (Fsp3) is 0.143. The van der Waals surface area contributed by atoms with Crippen molar-refractivity contribution in [1.82, 2.24) is 10.1 Å². The van der Waals surface area contributed by atoms with Gasteiger partial charge in [0.2, 0.25) is 0 Å². The van der Waals surface area contributed by atoms with Crippen LogP contribution >= 0.6 is 11.3 Å². The van der Waals surface area contributed by atoms with Crippen LogP contribution in [0.3, 0.4) is 0 Å². The second-order valence-electron chi connectivity index (χ2n) is 2.37. The van der Waals surface area contributed by atoms with Crippen LogP contribution in [0.5, 0.6) is 0 Å². The van der Waals surface area contributed by atoms with E-state index in [1.807, 2.05) is 12.3 Å².